The Morgan fingerprint density at radius 1 is 1.41 bits per heavy atom. The molecule has 1 fully saturated rings. The SMILES string of the molecule is O=C(Cc1ccn[nH]1)N1C[C@@H](O)C[C@H]1c1cc(F)ccc1F. The molecule has 5 nitrogen and oxygen atoms in total. The summed E-state index contributed by atoms with van der Waals surface area (Å²) in [5, 5.41) is 16.3. The van der Waals surface area contributed by atoms with E-state index in [9.17, 15) is 18.7 Å². The lowest BCUT2D eigenvalue weighted by atomic mass is 10.0. The van der Waals surface area contributed by atoms with Gasteiger partial charge in [-0.2, -0.15) is 5.10 Å². The molecule has 2 atom stereocenters. The number of aromatic nitrogens is 2. The van der Waals surface area contributed by atoms with E-state index >= 15 is 0 Å². The second-order valence-electron chi connectivity index (χ2n) is 5.38. The Morgan fingerprint density at radius 3 is 2.95 bits per heavy atom. The number of aliphatic hydroxyl groups is 1. The quantitative estimate of drug-likeness (QED) is 0.904. The number of halogens is 2. The molecule has 1 aliphatic heterocycles. The molecular weight excluding hydrogens is 292 g/mol. The Kier molecular flexibility index (Phi) is 3.89. The number of hydrogen-bond acceptors (Lipinski definition) is 3. The monoisotopic (exact) mass is 307 g/mol. The first kappa shape index (κ1) is 14.6. The van der Waals surface area contributed by atoms with Gasteiger partial charge in [0.2, 0.25) is 5.91 Å². The molecule has 0 saturated carbocycles. The van der Waals surface area contributed by atoms with Crippen molar-refractivity contribution in [3.8, 4) is 0 Å². The van der Waals surface area contributed by atoms with Crippen LogP contribution in [-0.4, -0.2) is 38.8 Å². The molecule has 22 heavy (non-hydrogen) atoms. The number of benzene rings is 1. The summed E-state index contributed by atoms with van der Waals surface area (Å²) in [5.41, 5.74) is 0.722. The molecule has 0 bridgehead atoms. The number of aromatic amines is 1. The lowest BCUT2D eigenvalue weighted by molar-refractivity contribution is -0.131. The van der Waals surface area contributed by atoms with Crippen LogP contribution in [0.15, 0.2) is 30.5 Å². The molecule has 1 saturated heterocycles. The van der Waals surface area contributed by atoms with E-state index in [1.54, 1.807) is 6.07 Å². The fraction of sp³-hybridized carbons (Fsp3) is 0.333. The van der Waals surface area contributed by atoms with E-state index in [2.05, 4.69) is 10.2 Å². The summed E-state index contributed by atoms with van der Waals surface area (Å²) in [4.78, 5) is 13.8. The van der Waals surface area contributed by atoms with Gasteiger partial charge in [-0.05, 0) is 30.7 Å². The number of rotatable bonds is 3. The summed E-state index contributed by atoms with van der Waals surface area (Å²) in [6, 6.07) is 4.14. The molecule has 1 aromatic heterocycles. The van der Waals surface area contributed by atoms with Gasteiger partial charge in [0.1, 0.15) is 11.6 Å². The maximum atomic E-state index is 14.0. The topological polar surface area (TPSA) is 69.2 Å². The van der Waals surface area contributed by atoms with E-state index in [1.807, 2.05) is 0 Å². The second-order valence-corrected chi connectivity index (χ2v) is 5.38. The molecular formula is C15H15F2N3O2. The fourth-order valence-electron chi connectivity index (χ4n) is 2.80. The van der Waals surface area contributed by atoms with Crippen LogP contribution in [0.3, 0.4) is 0 Å². The van der Waals surface area contributed by atoms with Crippen molar-refractivity contribution >= 4 is 5.91 Å². The molecule has 0 spiro atoms. The summed E-state index contributed by atoms with van der Waals surface area (Å²) in [6.45, 7) is 0.105. The summed E-state index contributed by atoms with van der Waals surface area (Å²) < 4.78 is 27.3. The maximum absolute atomic E-state index is 14.0. The molecule has 7 heteroatoms. The first-order valence-corrected chi connectivity index (χ1v) is 6.95. The molecule has 2 heterocycles. The predicted molar refractivity (Wildman–Crippen MR) is 73.7 cm³/mol. The Balaban J connectivity index is 1.85. The highest BCUT2D eigenvalue weighted by atomic mass is 19.1. The Bertz CT molecular complexity index is 675. The third kappa shape index (κ3) is 2.85. The molecule has 116 valence electrons. The van der Waals surface area contributed by atoms with Crippen molar-refractivity contribution in [2.24, 2.45) is 0 Å². The standard InChI is InChI=1S/C15H15F2N3O2/c16-9-1-2-13(17)12(5-9)14-7-11(21)8-20(14)15(22)6-10-3-4-18-19-10/h1-5,11,14,21H,6-8H2,(H,18,19)/t11-,14-/m0/s1. The molecule has 0 radical (unpaired) electrons. The van der Waals surface area contributed by atoms with Crippen molar-refractivity contribution in [2.45, 2.75) is 25.0 Å². The molecule has 0 unspecified atom stereocenters. The van der Waals surface area contributed by atoms with E-state index in [4.69, 9.17) is 0 Å². The first-order valence-electron chi connectivity index (χ1n) is 6.95. The first-order chi connectivity index (χ1) is 10.5. The molecule has 3 rings (SSSR count). The van der Waals surface area contributed by atoms with Crippen LogP contribution in [0.4, 0.5) is 8.78 Å². The van der Waals surface area contributed by atoms with Crippen molar-refractivity contribution in [3.63, 3.8) is 0 Å². The number of aliphatic hydroxyl groups excluding tert-OH is 1. The van der Waals surface area contributed by atoms with Gasteiger partial charge >= 0.3 is 0 Å². The molecule has 0 aliphatic carbocycles. The number of β-amino-alcohol motifs (C(OH)–C–C–N with tert-alkyl or cyclic N) is 1. The Labute approximate surface area is 125 Å². The van der Waals surface area contributed by atoms with E-state index in [1.165, 1.54) is 11.1 Å². The molecule has 2 N–H and O–H groups in total. The van der Waals surface area contributed by atoms with Crippen LogP contribution in [0, 0.1) is 11.6 Å². The number of amides is 1. The number of hydrogen-bond donors (Lipinski definition) is 2. The highest BCUT2D eigenvalue weighted by Crippen LogP contribution is 2.34. The highest BCUT2D eigenvalue weighted by molar-refractivity contribution is 5.79. The van der Waals surface area contributed by atoms with Gasteiger partial charge in [0, 0.05) is 24.0 Å². The number of nitrogens with zero attached hydrogens (tertiary/aromatic N) is 2. The van der Waals surface area contributed by atoms with E-state index in [0.717, 1.165) is 18.2 Å². The van der Waals surface area contributed by atoms with E-state index in [0.29, 0.717) is 5.69 Å². The fourth-order valence-corrected chi connectivity index (χ4v) is 2.80. The van der Waals surface area contributed by atoms with Gasteiger partial charge in [-0.25, -0.2) is 8.78 Å². The number of H-pyrrole nitrogens is 1. The second kappa shape index (κ2) is 5.84. The average molecular weight is 307 g/mol. The summed E-state index contributed by atoms with van der Waals surface area (Å²) in [6.07, 6.45) is 1.04. The Hall–Kier alpha value is -2.28. The van der Waals surface area contributed by atoms with Gasteiger partial charge in [0.25, 0.3) is 0 Å². The van der Waals surface area contributed by atoms with Gasteiger partial charge in [-0.3, -0.25) is 9.89 Å². The molecule has 1 aromatic carbocycles. The highest BCUT2D eigenvalue weighted by Gasteiger charge is 2.36. The van der Waals surface area contributed by atoms with Crippen molar-refractivity contribution in [1.82, 2.24) is 15.1 Å². The summed E-state index contributed by atoms with van der Waals surface area (Å²) in [7, 11) is 0. The van der Waals surface area contributed by atoms with E-state index in [-0.39, 0.29) is 30.9 Å². The van der Waals surface area contributed by atoms with Crippen molar-refractivity contribution in [1.29, 1.82) is 0 Å². The molecule has 1 aliphatic rings. The van der Waals surface area contributed by atoms with Crippen LogP contribution in [0.25, 0.3) is 0 Å². The van der Waals surface area contributed by atoms with Crippen LogP contribution in [0.1, 0.15) is 23.7 Å². The zero-order chi connectivity index (χ0) is 15.7. The Morgan fingerprint density at radius 2 is 2.23 bits per heavy atom. The lowest BCUT2D eigenvalue weighted by Gasteiger charge is -2.25. The third-order valence-electron chi connectivity index (χ3n) is 3.82. The van der Waals surface area contributed by atoms with Crippen LogP contribution >= 0.6 is 0 Å². The van der Waals surface area contributed by atoms with Crippen molar-refractivity contribution in [3.05, 3.63) is 53.4 Å². The average Bonchev–Trinajstić information content (AvgIpc) is 3.11. The van der Waals surface area contributed by atoms with Gasteiger partial charge in [-0.15, -0.1) is 0 Å². The predicted octanol–water partition coefficient (Wildman–Crippen LogP) is 1.56. The van der Waals surface area contributed by atoms with Crippen LogP contribution in [-0.2, 0) is 11.2 Å². The minimum Gasteiger partial charge on any atom is -0.391 e. The minimum atomic E-state index is -0.751. The largest absolute Gasteiger partial charge is 0.391 e. The number of likely N-dealkylation sites (tertiary alicyclic amines) is 1. The van der Waals surface area contributed by atoms with Gasteiger partial charge in [0.05, 0.1) is 18.6 Å². The maximum Gasteiger partial charge on any atom is 0.229 e. The zero-order valence-electron chi connectivity index (χ0n) is 11.7. The van der Waals surface area contributed by atoms with E-state index < -0.39 is 23.8 Å². The van der Waals surface area contributed by atoms with Crippen molar-refractivity contribution < 1.29 is 18.7 Å². The molecule has 1 amide bonds. The van der Waals surface area contributed by atoms with Crippen LogP contribution in [0.2, 0.25) is 0 Å². The van der Waals surface area contributed by atoms with Crippen LogP contribution < -0.4 is 0 Å². The summed E-state index contributed by atoms with van der Waals surface area (Å²) in [5.74, 6) is -1.42. The van der Waals surface area contributed by atoms with Crippen LogP contribution in [0.5, 0.6) is 0 Å². The third-order valence-corrected chi connectivity index (χ3v) is 3.82. The number of nitrogens with one attached hydrogen (secondary N) is 1. The lowest BCUT2D eigenvalue weighted by Crippen LogP contribution is -2.33. The number of carbonyl (C=O) groups is 1. The number of carbonyl (C=O) groups excluding carboxylic acids is 1. The zero-order valence-corrected chi connectivity index (χ0v) is 11.7. The van der Waals surface area contributed by atoms with Crippen molar-refractivity contribution in [2.75, 3.05) is 6.54 Å². The molecule has 2 aromatic rings. The normalized spacial score (nSPS) is 21.3. The van der Waals surface area contributed by atoms with Gasteiger partial charge in [0.15, 0.2) is 0 Å². The van der Waals surface area contributed by atoms with Gasteiger partial charge in [-0.1, -0.05) is 0 Å². The van der Waals surface area contributed by atoms with Gasteiger partial charge < -0.3 is 10.0 Å². The summed E-state index contributed by atoms with van der Waals surface area (Å²) >= 11 is 0. The minimum absolute atomic E-state index is 0.0696. The smallest absolute Gasteiger partial charge is 0.229 e.